The van der Waals surface area contributed by atoms with Gasteiger partial charge in [0.1, 0.15) is 5.57 Å². The molecule has 0 spiro atoms. The van der Waals surface area contributed by atoms with Crippen molar-refractivity contribution in [3.63, 3.8) is 0 Å². The summed E-state index contributed by atoms with van der Waals surface area (Å²) in [4.78, 5) is 26.6. The molecule has 6 heteroatoms. The van der Waals surface area contributed by atoms with Crippen molar-refractivity contribution in [2.24, 2.45) is 7.05 Å². The highest BCUT2D eigenvalue weighted by molar-refractivity contribution is 7.80. The zero-order valence-corrected chi connectivity index (χ0v) is 14.3. The van der Waals surface area contributed by atoms with Gasteiger partial charge in [-0.25, -0.2) is 0 Å². The molecule has 2 amide bonds. The zero-order valence-electron chi connectivity index (χ0n) is 13.4. The molecule has 1 aliphatic heterocycles. The highest BCUT2D eigenvalue weighted by atomic mass is 32.1. The van der Waals surface area contributed by atoms with E-state index in [0.29, 0.717) is 5.69 Å². The van der Waals surface area contributed by atoms with Gasteiger partial charge in [0.15, 0.2) is 5.11 Å². The summed E-state index contributed by atoms with van der Waals surface area (Å²) < 4.78 is 1.84. The minimum absolute atomic E-state index is 0.0660. The van der Waals surface area contributed by atoms with E-state index in [1.54, 1.807) is 6.08 Å². The second kappa shape index (κ2) is 6.41. The SMILES string of the molecule is CCc1ccccc1N1C(=O)/C(=C/c2cccn2C)C(=O)NC1=S. The first kappa shape index (κ1) is 16.1. The average Bonchev–Trinajstić information content (AvgIpc) is 2.96. The highest BCUT2D eigenvalue weighted by Crippen LogP contribution is 2.26. The predicted octanol–water partition coefficient (Wildman–Crippen LogP) is 2.42. The van der Waals surface area contributed by atoms with Crippen LogP contribution in [0.25, 0.3) is 6.08 Å². The number of carbonyl (C=O) groups is 2. The molecule has 1 N–H and O–H groups in total. The molecule has 1 aromatic heterocycles. The Hall–Kier alpha value is -2.73. The van der Waals surface area contributed by atoms with Crippen LogP contribution in [0.3, 0.4) is 0 Å². The second-order valence-corrected chi connectivity index (χ2v) is 5.87. The fraction of sp³-hybridized carbons (Fsp3) is 0.167. The number of carbonyl (C=O) groups excluding carboxylic acids is 2. The Bertz CT molecular complexity index is 867. The lowest BCUT2D eigenvalue weighted by atomic mass is 10.1. The molecule has 0 bridgehead atoms. The number of hydrogen-bond acceptors (Lipinski definition) is 3. The number of amides is 2. The highest BCUT2D eigenvalue weighted by Gasteiger charge is 2.35. The van der Waals surface area contributed by atoms with Crippen LogP contribution in [0.1, 0.15) is 18.2 Å². The standard InChI is InChI=1S/C18H17N3O2S/c1-3-12-7-4-5-9-15(12)21-17(23)14(16(22)19-18(21)24)11-13-8-6-10-20(13)2/h4-11H,3H2,1-2H3,(H,19,22,24)/b14-11+. The fourth-order valence-corrected chi connectivity index (χ4v) is 2.95. The third-order valence-electron chi connectivity index (χ3n) is 3.99. The van der Waals surface area contributed by atoms with Crippen molar-refractivity contribution in [2.45, 2.75) is 13.3 Å². The van der Waals surface area contributed by atoms with Crippen LogP contribution >= 0.6 is 12.2 Å². The molecule has 2 heterocycles. The molecular weight excluding hydrogens is 322 g/mol. The third kappa shape index (κ3) is 2.76. The number of hydrogen-bond donors (Lipinski definition) is 1. The van der Waals surface area contributed by atoms with Crippen LogP contribution in [0, 0.1) is 0 Å². The first-order chi connectivity index (χ1) is 11.5. The summed E-state index contributed by atoms with van der Waals surface area (Å²) in [5.41, 5.74) is 2.52. The van der Waals surface area contributed by atoms with Gasteiger partial charge in [0.25, 0.3) is 11.8 Å². The van der Waals surface area contributed by atoms with E-state index in [1.165, 1.54) is 4.90 Å². The van der Waals surface area contributed by atoms with Gasteiger partial charge in [-0.15, -0.1) is 0 Å². The number of rotatable bonds is 3. The van der Waals surface area contributed by atoms with E-state index in [9.17, 15) is 9.59 Å². The molecule has 2 aromatic rings. The number of benzene rings is 1. The third-order valence-corrected chi connectivity index (χ3v) is 4.28. The maximum Gasteiger partial charge on any atom is 0.270 e. The Morgan fingerprint density at radius 2 is 1.92 bits per heavy atom. The number of anilines is 1. The topological polar surface area (TPSA) is 54.3 Å². The van der Waals surface area contributed by atoms with Gasteiger partial charge in [0, 0.05) is 18.9 Å². The van der Waals surface area contributed by atoms with Crippen LogP contribution in [0.5, 0.6) is 0 Å². The molecule has 24 heavy (non-hydrogen) atoms. The van der Waals surface area contributed by atoms with Gasteiger partial charge in [-0.05, 0) is 48.5 Å². The second-order valence-electron chi connectivity index (χ2n) is 5.48. The van der Waals surface area contributed by atoms with Gasteiger partial charge >= 0.3 is 0 Å². The monoisotopic (exact) mass is 339 g/mol. The summed E-state index contributed by atoms with van der Waals surface area (Å²) in [6.45, 7) is 2.01. The summed E-state index contributed by atoms with van der Waals surface area (Å²) in [5.74, 6) is -0.887. The van der Waals surface area contributed by atoms with Gasteiger partial charge in [-0.1, -0.05) is 25.1 Å². The van der Waals surface area contributed by atoms with Crippen molar-refractivity contribution in [3.05, 3.63) is 59.4 Å². The molecular formula is C18H17N3O2S. The Balaban J connectivity index is 2.07. The van der Waals surface area contributed by atoms with E-state index < -0.39 is 11.8 Å². The molecule has 1 fully saturated rings. The van der Waals surface area contributed by atoms with Gasteiger partial charge in [-0.2, -0.15) is 0 Å². The van der Waals surface area contributed by atoms with Crippen LogP contribution in [-0.2, 0) is 23.1 Å². The summed E-state index contributed by atoms with van der Waals surface area (Å²) in [6, 6.07) is 11.2. The van der Waals surface area contributed by atoms with Crippen molar-refractivity contribution in [1.82, 2.24) is 9.88 Å². The van der Waals surface area contributed by atoms with E-state index in [0.717, 1.165) is 17.7 Å². The number of thiocarbonyl (C=S) groups is 1. The minimum atomic E-state index is -0.476. The zero-order chi connectivity index (χ0) is 17.3. The first-order valence-electron chi connectivity index (χ1n) is 7.63. The molecule has 1 aliphatic rings. The molecule has 1 saturated heterocycles. The Kier molecular flexibility index (Phi) is 4.31. The Morgan fingerprint density at radius 3 is 2.58 bits per heavy atom. The quantitative estimate of drug-likeness (QED) is 0.531. The minimum Gasteiger partial charge on any atom is -0.351 e. The summed E-state index contributed by atoms with van der Waals surface area (Å²) >= 11 is 5.24. The Morgan fingerprint density at radius 1 is 1.17 bits per heavy atom. The molecule has 3 rings (SSSR count). The van der Waals surface area contributed by atoms with Crippen molar-refractivity contribution in [3.8, 4) is 0 Å². The van der Waals surface area contributed by atoms with E-state index in [4.69, 9.17) is 12.2 Å². The lowest BCUT2D eigenvalue weighted by Gasteiger charge is -2.30. The molecule has 0 saturated carbocycles. The normalized spacial score (nSPS) is 16.7. The van der Waals surface area contributed by atoms with Crippen LogP contribution in [0.2, 0.25) is 0 Å². The van der Waals surface area contributed by atoms with E-state index in [-0.39, 0.29) is 10.7 Å². The van der Waals surface area contributed by atoms with Crippen LogP contribution in [-0.4, -0.2) is 21.5 Å². The number of para-hydroxylation sites is 1. The van der Waals surface area contributed by atoms with Gasteiger partial charge in [0.2, 0.25) is 0 Å². The van der Waals surface area contributed by atoms with Crippen molar-refractivity contribution in [2.75, 3.05) is 4.90 Å². The number of aromatic nitrogens is 1. The van der Waals surface area contributed by atoms with Crippen LogP contribution in [0.15, 0.2) is 48.2 Å². The molecule has 1 aromatic carbocycles. The molecule has 0 atom stereocenters. The van der Waals surface area contributed by atoms with Crippen LogP contribution < -0.4 is 10.2 Å². The maximum absolute atomic E-state index is 13.0. The molecule has 0 aliphatic carbocycles. The molecule has 0 unspecified atom stereocenters. The summed E-state index contributed by atoms with van der Waals surface area (Å²) in [6.07, 6.45) is 4.20. The van der Waals surface area contributed by atoms with E-state index in [1.807, 2.05) is 61.1 Å². The predicted molar refractivity (Wildman–Crippen MR) is 97.4 cm³/mol. The van der Waals surface area contributed by atoms with Crippen molar-refractivity contribution in [1.29, 1.82) is 0 Å². The number of nitrogens with zero attached hydrogens (tertiary/aromatic N) is 2. The average molecular weight is 339 g/mol. The molecule has 0 radical (unpaired) electrons. The van der Waals surface area contributed by atoms with E-state index >= 15 is 0 Å². The fourth-order valence-electron chi connectivity index (χ4n) is 2.68. The van der Waals surface area contributed by atoms with Crippen LogP contribution in [0.4, 0.5) is 5.69 Å². The molecule has 122 valence electrons. The number of aryl methyl sites for hydroxylation is 2. The smallest absolute Gasteiger partial charge is 0.270 e. The van der Waals surface area contributed by atoms with Crippen molar-refractivity contribution >= 4 is 40.9 Å². The Labute approximate surface area is 145 Å². The summed E-state index contributed by atoms with van der Waals surface area (Å²) in [5, 5.41) is 2.72. The lowest BCUT2D eigenvalue weighted by molar-refractivity contribution is -0.122. The lowest BCUT2D eigenvalue weighted by Crippen LogP contribution is -2.54. The molecule has 5 nitrogen and oxygen atoms in total. The van der Waals surface area contributed by atoms with Gasteiger partial charge < -0.3 is 4.57 Å². The first-order valence-corrected chi connectivity index (χ1v) is 8.04. The maximum atomic E-state index is 13.0. The summed E-state index contributed by atoms with van der Waals surface area (Å²) in [7, 11) is 1.85. The van der Waals surface area contributed by atoms with Gasteiger partial charge in [0.05, 0.1) is 5.69 Å². The van der Waals surface area contributed by atoms with E-state index in [2.05, 4.69) is 5.32 Å². The van der Waals surface area contributed by atoms with Crippen molar-refractivity contribution < 1.29 is 9.59 Å². The van der Waals surface area contributed by atoms with Gasteiger partial charge in [-0.3, -0.25) is 19.8 Å². The largest absolute Gasteiger partial charge is 0.351 e. The number of nitrogens with one attached hydrogen (secondary N) is 1.